The number of aliphatic imine (C=N–C) groups is 1. The topological polar surface area (TPSA) is 86.7 Å². The quantitative estimate of drug-likeness (QED) is 0.464. The molecule has 0 radical (unpaired) electrons. The lowest BCUT2D eigenvalue weighted by Gasteiger charge is -2.10. The van der Waals surface area contributed by atoms with Gasteiger partial charge in [-0.15, -0.1) is 0 Å². The van der Waals surface area contributed by atoms with Crippen LogP contribution in [-0.4, -0.2) is 30.0 Å². The van der Waals surface area contributed by atoms with Crippen molar-refractivity contribution in [1.29, 1.82) is 0 Å². The Labute approximate surface area is 164 Å². The van der Waals surface area contributed by atoms with E-state index in [0.29, 0.717) is 30.5 Å². The van der Waals surface area contributed by atoms with E-state index in [1.54, 1.807) is 14.2 Å². The summed E-state index contributed by atoms with van der Waals surface area (Å²) in [5, 5.41) is 7.49. The maximum Gasteiger partial charge on any atom is 0.189 e. The lowest BCUT2D eigenvalue weighted by atomic mass is 10.2. The maximum absolute atomic E-state index is 5.98. The van der Waals surface area contributed by atoms with Gasteiger partial charge in [0.05, 0.1) is 33.5 Å². The van der Waals surface area contributed by atoms with Gasteiger partial charge in [-0.1, -0.05) is 36.4 Å². The molecule has 1 aromatic heterocycles. The standard InChI is InChI=1S/C21H25N5O2/c1-27-19-9-8-17(10-20(19)28-2)11-23-21(22)24-12-18-13-25-26(15-18)14-16-6-4-3-5-7-16/h3-10,13,15H,11-12,14H2,1-2H3,(H3,22,23,24). The molecule has 0 atom stereocenters. The van der Waals surface area contributed by atoms with Crippen molar-refractivity contribution in [3.63, 3.8) is 0 Å². The molecule has 0 aliphatic carbocycles. The fourth-order valence-electron chi connectivity index (χ4n) is 2.76. The minimum atomic E-state index is 0.380. The summed E-state index contributed by atoms with van der Waals surface area (Å²) in [4.78, 5) is 4.38. The molecule has 0 aliphatic heterocycles. The smallest absolute Gasteiger partial charge is 0.189 e. The molecule has 0 saturated carbocycles. The maximum atomic E-state index is 5.98. The van der Waals surface area contributed by atoms with Crippen LogP contribution in [0.4, 0.5) is 0 Å². The lowest BCUT2D eigenvalue weighted by molar-refractivity contribution is 0.354. The summed E-state index contributed by atoms with van der Waals surface area (Å²) >= 11 is 0. The molecule has 3 N–H and O–H groups in total. The van der Waals surface area contributed by atoms with E-state index < -0.39 is 0 Å². The van der Waals surface area contributed by atoms with E-state index in [1.165, 1.54) is 5.56 Å². The summed E-state index contributed by atoms with van der Waals surface area (Å²) in [6, 6.07) is 15.9. The highest BCUT2D eigenvalue weighted by Gasteiger charge is 2.05. The Balaban J connectivity index is 1.52. The molecule has 0 unspecified atom stereocenters. The average Bonchev–Trinajstić information content (AvgIpc) is 3.18. The van der Waals surface area contributed by atoms with Crippen molar-refractivity contribution in [3.05, 3.63) is 77.6 Å². The average molecular weight is 379 g/mol. The van der Waals surface area contributed by atoms with E-state index in [0.717, 1.165) is 17.7 Å². The van der Waals surface area contributed by atoms with Crippen molar-refractivity contribution in [2.75, 3.05) is 14.2 Å². The molecule has 146 valence electrons. The van der Waals surface area contributed by atoms with Crippen LogP contribution in [0.1, 0.15) is 16.7 Å². The van der Waals surface area contributed by atoms with Crippen molar-refractivity contribution in [3.8, 4) is 11.5 Å². The van der Waals surface area contributed by atoms with Crippen LogP contribution in [0.15, 0.2) is 65.9 Å². The molecule has 0 aliphatic rings. The molecular formula is C21H25N5O2. The molecule has 0 spiro atoms. The molecule has 0 fully saturated rings. The summed E-state index contributed by atoms with van der Waals surface area (Å²) in [7, 11) is 3.23. The van der Waals surface area contributed by atoms with Crippen LogP contribution in [0.5, 0.6) is 11.5 Å². The number of methoxy groups -OCH3 is 2. The van der Waals surface area contributed by atoms with Crippen LogP contribution >= 0.6 is 0 Å². The van der Waals surface area contributed by atoms with Gasteiger partial charge in [0.15, 0.2) is 17.5 Å². The summed E-state index contributed by atoms with van der Waals surface area (Å²) in [5.74, 6) is 1.76. The van der Waals surface area contributed by atoms with Crippen LogP contribution in [-0.2, 0) is 19.6 Å². The van der Waals surface area contributed by atoms with Gasteiger partial charge in [-0.25, -0.2) is 4.99 Å². The molecule has 2 aromatic carbocycles. The second kappa shape index (κ2) is 9.45. The number of nitrogens with zero attached hydrogens (tertiary/aromatic N) is 3. The van der Waals surface area contributed by atoms with Crippen LogP contribution in [0.3, 0.4) is 0 Å². The number of hydrogen-bond acceptors (Lipinski definition) is 4. The monoisotopic (exact) mass is 379 g/mol. The van der Waals surface area contributed by atoms with Crippen LogP contribution in [0.25, 0.3) is 0 Å². The number of hydrogen-bond donors (Lipinski definition) is 2. The van der Waals surface area contributed by atoms with Crippen molar-refractivity contribution >= 4 is 5.96 Å². The Morgan fingerprint density at radius 1 is 1.04 bits per heavy atom. The third-order valence-electron chi connectivity index (χ3n) is 4.23. The van der Waals surface area contributed by atoms with E-state index in [1.807, 2.05) is 53.5 Å². The SMILES string of the molecule is COc1ccc(CNC(N)=NCc2cnn(Cc3ccccc3)c2)cc1OC. The molecule has 0 bridgehead atoms. The number of nitrogens with two attached hydrogens (primary N) is 1. The molecule has 0 amide bonds. The number of ether oxygens (including phenoxy) is 2. The van der Waals surface area contributed by atoms with Gasteiger partial charge in [0.25, 0.3) is 0 Å². The van der Waals surface area contributed by atoms with Crippen LogP contribution in [0, 0.1) is 0 Å². The zero-order chi connectivity index (χ0) is 19.8. The summed E-state index contributed by atoms with van der Waals surface area (Å²) in [6.45, 7) is 1.75. The molecule has 3 aromatic rings. The van der Waals surface area contributed by atoms with E-state index in [9.17, 15) is 0 Å². The van der Waals surface area contributed by atoms with Gasteiger partial charge in [-0.2, -0.15) is 5.10 Å². The molecule has 3 rings (SSSR count). The summed E-state index contributed by atoms with van der Waals surface area (Å²) < 4.78 is 12.4. The van der Waals surface area contributed by atoms with Crippen LogP contribution in [0.2, 0.25) is 0 Å². The largest absolute Gasteiger partial charge is 0.493 e. The van der Waals surface area contributed by atoms with Gasteiger partial charge in [0, 0.05) is 18.3 Å². The summed E-state index contributed by atoms with van der Waals surface area (Å²) in [6.07, 6.45) is 3.80. The molecule has 7 heteroatoms. The van der Waals surface area contributed by atoms with Gasteiger partial charge in [0.2, 0.25) is 0 Å². The Hall–Kier alpha value is -3.48. The van der Waals surface area contributed by atoms with E-state index in [4.69, 9.17) is 15.2 Å². The van der Waals surface area contributed by atoms with Crippen molar-refractivity contribution in [1.82, 2.24) is 15.1 Å². The highest BCUT2D eigenvalue weighted by atomic mass is 16.5. The van der Waals surface area contributed by atoms with Crippen molar-refractivity contribution < 1.29 is 9.47 Å². The van der Waals surface area contributed by atoms with Gasteiger partial charge < -0.3 is 20.5 Å². The Bertz CT molecular complexity index is 922. The number of rotatable bonds is 8. The zero-order valence-electron chi connectivity index (χ0n) is 16.1. The molecule has 1 heterocycles. The van der Waals surface area contributed by atoms with E-state index in [2.05, 4.69) is 27.5 Å². The highest BCUT2D eigenvalue weighted by molar-refractivity contribution is 5.77. The number of guanidine groups is 1. The number of nitrogens with one attached hydrogen (secondary N) is 1. The Morgan fingerprint density at radius 3 is 2.57 bits per heavy atom. The van der Waals surface area contributed by atoms with E-state index >= 15 is 0 Å². The first-order chi connectivity index (χ1) is 13.7. The molecule has 0 saturated heterocycles. The highest BCUT2D eigenvalue weighted by Crippen LogP contribution is 2.27. The zero-order valence-corrected chi connectivity index (χ0v) is 16.1. The third-order valence-corrected chi connectivity index (χ3v) is 4.23. The third kappa shape index (κ3) is 5.26. The first kappa shape index (κ1) is 19.3. The summed E-state index contributed by atoms with van der Waals surface area (Å²) in [5.41, 5.74) is 9.21. The first-order valence-electron chi connectivity index (χ1n) is 8.98. The second-order valence-electron chi connectivity index (χ2n) is 6.28. The van der Waals surface area contributed by atoms with Gasteiger partial charge in [0.1, 0.15) is 0 Å². The Kier molecular flexibility index (Phi) is 6.51. The van der Waals surface area contributed by atoms with E-state index in [-0.39, 0.29) is 0 Å². The normalized spacial score (nSPS) is 11.3. The van der Waals surface area contributed by atoms with Gasteiger partial charge >= 0.3 is 0 Å². The predicted molar refractivity (Wildman–Crippen MR) is 109 cm³/mol. The first-order valence-corrected chi connectivity index (χ1v) is 8.98. The number of aromatic nitrogens is 2. The fraction of sp³-hybridized carbons (Fsp3) is 0.238. The molecule has 28 heavy (non-hydrogen) atoms. The molecule has 7 nitrogen and oxygen atoms in total. The lowest BCUT2D eigenvalue weighted by Crippen LogP contribution is -2.31. The Morgan fingerprint density at radius 2 is 1.82 bits per heavy atom. The minimum absolute atomic E-state index is 0.380. The van der Waals surface area contributed by atoms with Crippen molar-refractivity contribution in [2.24, 2.45) is 10.7 Å². The second-order valence-corrected chi connectivity index (χ2v) is 6.28. The van der Waals surface area contributed by atoms with Crippen LogP contribution < -0.4 is 20.5 Å². The van der Waals surface area contributed by atoms with Crippen molar-refractivity contribution in [2.45, 2.75) is 19.6 Å². The fourth-order valence-corrected chi connectivity index (χ4v) is 2.76. The van der Waals surface area contributed by atoms with Gasteiger partial charge in [-0.05, 0) is 23.3 Å². The predicted octanol–water partition coefficient (Wildman–Crippen LogP) is 2.55. The molecular weight excluding hydrogens is 354 g/mol. The number of benzene rings is 2. The van der Waals surface area contributed by atoms with Gasteiger partial charge in [-0.3, -0.25) is 4.68 Å². The minimum Gasteiger partial charge on any atom is -0.493 e.